The van der Waals surface area contributed by atoms with Gasteiger partial charge in [0.25, 0.3) is 0 Å². The Kier molecular flexibility index (Phi) is 2.69. The van der Waals surface area contributed by atoms with Crippen LogP contribution in [0.1, 0.15) is 16.7 Å². The fourth-order valence-electron chi connectivity index (χ4n) is 1.06. The van der Waals surface area contributed by atoms with Crippen molar-refractivity contribution in [3.8, 4) is 6.07 Å². The molecule has 1 rings (SSSR count). The van der Waals surface area contributed by atoms with Crippen LogP contribution in [0.3, 0.4) is 0 Å². The van der Waals surface area contributed by atoms with Crippen molar-refractivity contribution in [1.82, 2.24) is 0 Å². The summed E-state index contributed by atoms with van der Waals surface area (Å²) in [6.45, 7) is 2.23. The van der Waals surface area contributed by atoms with Crippen molar-refractivity contribution < 1.29 is 0 Å². The molecule has 0 fully saturated rings. The molecule has 0 saturated carbocycles. The summed E-state index contributed by atoms with van der Waals surface area (Å²) in [6, 6.07) is 5.52. The van der Waals surface area contributed by atoms with E-state index >= 15 is 0 Å². The molecule has 0 amide bonds. The normalized spacial score (nSPS) is 9.50. The van der Waals surface area contributed by atoms with Gasteiger partial charge in [-0.1, -0.05) is 11.6 Å². The molecule has 12 heavy (non-hydrogen) atoms. The number of halogens is 1. The first-order chi connectivity index (χ1) is 5.69. The standard InChI is InChI=1S/C9H9ClN2/c1-6-2-7(4-11)3-8(5-12)9(6)10/h2-3H,5,12H2,1H3. The first kappa shape index (κ1) is 9.05. The van der Waals surface area contributed by atoms with Gasteiger partial charge in [-0.15, -0.1) is 0 Å². The van der Waals surface area contributed by atoms with Gasteiger partial charge in [0.2, 0.25) is 0 Å². The molecular formula is C9H9ClN2. The molecular weight excluding hydrogens is 172 g/mol. The lowest BCUT2D eigenvalue weighted by Crippen LogP contribution is -1.99. The van der Waals surface area contributed by atoms with E-state index in [2.05, 4.69) is 6.07 Å². The summed E-state index contributed by atoms with van der Waals surface area (Å²) >= 11 is 5.93. The zero-order valence-electron chi connectivity index (χ0n) is 6.76. The van der Waals surface area contributed by atoms with Gasteiger partial charge >= 0.3 is 0 Å². The van der Waals surface area contributed by atoms with Gasteiger partial charge < -0.3 is 5.73 Å². The molecule has 0 atom stereocenters. The Morgan fingerprint density at radius 3 is 2.75 bits per heavy atom. The fraction of sp³-hybridized carbons (Fsp3) is 0.222. The van der Waals surface area contributed by atoms with Crippen LogP contribution in [0.4, 0.5) is 0 Å². The van der Waals surface area contributed by atoms with Crippen LogP contribution in [0.5, 0.6) is 0 Å². The quantitative estimate of drug-likeness (QED) is 0.719. The third-order valence-electron chi connectivity index (χ3n) is 1.68. The fourth-order valence-corrected chi connectivity index (χ4v) is 1.24. The summed E-state index contributed by atoms with van der Waals surface area (Å²) in [6.07, 6.45) is 0. The maximum absolute atomic E-state index is 8.64. The maximum atomic E-state index is 8.64. The van der Waals surface area contributed by atoms with E-state index in [1.165, 1.54) is 0 Å². The summed E-state index contributed by atoms with van der Waals surface area (Å²) in [4.78, 5) is 0. The number of nitrogens with two attached hydrogens (primary N) is 1. The average Bonchev–Trinajstić information content (AvgIpc) is 2.09. The molecule has 0 aliphatic rings. The van der Waals surface area contributed by atoms with Crippen molar-refractivity contribution in [1.29, 1.82) is 5.26 Å². The number of rotatable bonds is 1. The highest BCUT2D eigenvalue weighted by Crippen LogP contribution is 2.21. The molecule has 1 aromatic rings. The van der Waals surface area contributed by atoms with Crippen LogP contribution in [0, 0.1) is 18.3 Å². The molecule has 0 spiro atoms. The Hall–Kier alpha value is -1.04. The summed E-state index contributed by atoms with van der Waals surface area (Å²) in [5, 5.41) is 9.30. The summed E-state index contributed by atoms with van der Waals surface area (Å²) in [5.41, 5.74) is 7.78. The zero-order valence-corrected chi connectivity index (χ0v) is 7.52. The molecule has 0 heterocycles. The zero-order chi connectivity index (χ0) is 9.14. The van der Waals surface area contributed by atoms with Crippen LogP contribution in [0.25, 0.3) is 0 Å². The van der Waals surface area contributed by atoms with E-state index in [-0.39, 0.29) is 0 Å². The molecule has 0 aromatic heterocycles. The van der Waals surface area contributed by atoms with Crippen molar-refractivity contribution in [3.05, 3.63) is 33.8 Å². The molecule has 0 aliphatic heterocycles. The van der Waals surface area contributed by atoms with Gasteiger partial charge in [-0.2, -0.15) is 5.26 Å². The van der Waals surface area contributed by atoms with E-state index in [1.54, 1.807) is 12.1 Å². The van der Waals surface area contributed by atoms with Crippen LogP contribution in [-0.2, 0) is 6.54 Å². The monoisotopic (exact) mass is 180 g/mol. The second kappa shape index (κ2) is 3.57. The third-order valence-corrected chi connectivity index (χ3v) is 2.22. The van der Waals surface area contributed by atoms with Crippen LogP contribution in [0.2, 0.25) is 5.02 Å². The maximum Gasteiger partial charge on any atom is 0.0991 e. The van der Waals surface area contributed by atoms with Crippen LogP contribution >= 0.6 is 11.6 Å². The molecule has 1 aromatic carbocycles. The van der Waals surface area contributed by atoms with Crippen LogP contribution in [0.15, 0.2) is 12.1 Å². The average molecular weight is 181 g/mol. The van der Waals surface area contributed by atoms with Crippen molar-refractivity contribution in [3.63, 3.8) is 0 Å². The summed E-state index contributed by atoms with van der Waals surface area (Å²) in [5.74, 6) is 0. The molecule has 0 bridgehead atoms. The second-order valence-electron chi connectivity index (χ2n) is 2.58. The molecule has 2 nitrogen and oxygen atoms in total. The van der Waals surface area contributed by atoms with Gasteiger partial charge in [-0.25, -0.2) is 0 Å². The SMILES string of the molecule is Cc1cc(C#N)cc(CN)c1Cl. The molecule has 0 aliphatic carbocycles. The lowest BCUT2D eigenvalue weighted by molar-refractivity contribution is 1.06. The first-order valence-corrected chi connectivity index (χ1v) is 3.96. The molecule has 0 saturated heterocycles. The molecule has 0 unspecified atom stereocenters. The van der Waals surface area contributed by atoms with Gasteiger partial charge in [0.1, 0.15) is 0 Å². The van der Waals surface area contributed by atoms with Crippen molar-refractivity contribution >= 4 is 11.6 Å². The second-order valence-corrected chi connectivity index (χ2v) is 2.96. The van der Waals surface area contributed by atoms with Gasteiger partial charge in [0, 0.05) is 11.6 Å². The minimum absolute atomic E-state index is 0.370. The number of aryl methyl sites for hydroxylation is 1. The van der Waals surface area contributed by atoms with Crippen molar-refractivity contribution in [2.45, 2.75) is 13.5 Å². The smallest absolute Gasteiger partial charge is 0.0991 e. The number of hydrogen-bond donors (Lipinski definition) is 1. The number of nitriles is 1. The molecule has 3 heteroatoms. The van der Waals surface area contributed by atoms with Crippen molar-refractivity contribution in [2.75, 3.05) is 0 Å². The molecule has 2 N–H and O–H groups in total. The summed E-state index contributed by atoms with van der Waals surface area (Å²) in [7, 11) is 0. The highest BCUT2D eigenvalue weighted by Gasteiger charge is 2.03. The highest BCUT2D eigenvalue weighted by molar-refractivity contribution is 6.32. The Labute approximate surface area is 76.6 Å². The first-order valence-electron chi connectivity index (χ1n) is 3.58. The van der Waals surface area contributed by atoms with E-state index in [9.17, 15) is 0 Å². The third kappa shape index (κ3) is 1.58. The van der Waals surface area contributed by atoms with Crippen molar-refractivity contribution in [2.24, 2.45) is 5.73 Å². The van der Waals surface area contributed by atoms with E-state index < -0.39 is 0 Å². The number of hydrogen-bond acceptors (Lipinski definition) is 2. The van der Waals surface area contributed by atoms with E-state index in [0.29, 0.717) is 17.1 Å². The van der Waals surface area contributed by atoms with E-state index in [4.69, 9.17) is 22.6 Å². The largest absolute Gasteiger partial charge is 0.326 e. The van der Waals surface area contributed by atoms with Crippen LogP contribution in [-0.4, -0.2) is 0 Å². The predicted octanol–water partition coefficient (Wildman–Crippen LogP) is 1.98. The van der Waals surface area contributed by atoms with Gasteiger partial charge in [-0.3, -0.25) is 0 Å². The lowest BCUT2D eigenvalue weighted by atomic mass is 10.1. The Bertz CT molecular complexity index is 339. The summed E-state index contributed by atoms with van der Waals surface area (Å²) < 4.78 is 0. The Balaban J connectivity index is 3.31. The molecule has 0 radical (unpaired) electrons. The Morgan fingerprint density at radius 2 is 2.25 bits per heavy atom. The number of nitrogens with zero attached hydrogens (tertiary/aromatic N) is 1. The minimum Gasteiger partial charge on any atom is -0.326 e. The van der Waals surface area contributed by atoms with Gasteiger partial charge in [-0.05, 0) is 30.2 Å². The molecule has 62 valence electrons. The highest BCUT2D eigenvalue weighted by atomic mass is 35.5. The number of benzene rings is 1. The van der Waals surface area contributed by atoms with Crippen LogP contribution < -0.4 is 5.73 Å². The Morgan fingerprint density at radius 1 is 1.58 bits per heavy atom. The predicted molar refractivity (Wildman–Crippen MR) is 48.8 cm³/mol. The van der Waals surface area contributed by atoms with E-state index in [0.717, 1.165) is 11.1 Å². The van der Waals surface area contributed by atoms with Gasteiger partial charge in [0.15, 0.2) is 0 Å². The van der Waals surface area contributed by atoms with E-state index in [1.807, 2.05) is 6.92 Å². The van der Waals surface area contributed by atoms with Gasteiger partial charge in [0.05, 0.1) is 11.6 Å². The lowest BCUT2D eigenvalue weighted by Gasteiger charge is -2.04. The topological polar surface area (TPSA) is 49.8 Å². The minimum atomic E-state index is 0.370.